The monoisotopic (exact) mass is 343 g/mol. The molecule has 25 heavy (non-hydrogen) atoms. The van der Waals surface area contributed by atoms with Crippen molar-refractivity contribution < 1.29 is 0 Å². The van der Waals surface area contributed by atoms with Gasteiger partial charge < -0.3 is 4.57 Å². The van der Waals surface area contributed by atoms with Crippen LogP contribution in [0.1, 0.15) is 5.56 Å². The van der Waals surface area contributed by atoms with E-state index in [1.54, 1.807) is 0 Å². The quantitative estimate of drug-likeness (QED) is 0.467. The molecule has 0 bridgehead atoms. The van der Waals surface area contributed by atoms with Gasteiger partial charge in [0.2, 0.25) is 0 Å². The largest absolute Gasteiger partial charge is 0.350 e. The van der Waals surface area contributed by atoms with Gasteiger partial charge in [-0.3, -0.25) is 0 Å². The topological polar surface area (TPSA) is 4.93 Å². The van der Waals surface area contributed by atoms with Crippen molar-refractivity contribution in [2.75, 3.05) is 0 Å². The van der Waals surface area contributed by atoms with Gasteiger partial charge in [-0.1, -0.05) is 99.6 Å². The Morgan fingerprint density at radius 3 is 1.44 bits per heavy atom. The van der Waals surface area contributed by atoms with E-state index < -0.39 is 0 Å². The summed E-state index contributed by atoms with van der Waals surface area (Å²) in [5, 5.41) is 2.79. The van der Waals surface area contributed by atoms with Crippen molar-refractivity contribution in [2.45, 2.75) is 6.54 Å². The fourth-order valence-electron chi connectivity index (χ4n) is 2.48. The minimum absolute atomic E-state index is 0.777. The molecule has 0 amide bonds. The molecular formula is C23H22NP. The Morgan fingerprint density at radius 2 is 0.960 bits per heavy atom. The summed E-state index contributed by atoms with van der Waals surface area (Å²) in [6.07, 6.45) is 4.15. The van der Waals surface area contributed by atoms with E-state index in [1.807, 2.05) is 18.2 Å². The van der Waals surface area contributed by atoms with Crippen molar-refractivity contribution in [2.24, 2.45) is 0 Å². The van der Waals surface area contributed by atoms with Crippen molar-refractivity contribution in [3.8, 4) is 0 Å². The van der Waals surface area contributed by atoms with E-state index in [0.717, 1.165) is 15.1 Å². The first-order valence-corrected chi connectivity index (χ1v) is 9.42. The molecule has 4 aromatic rings. The lowest BCUT2D eigenvalue weighted by molar-refractivity contribution is 0.806. The van der Waals surface area contributed by atoms with Gasteiger partial charge in [0, 0.05) is 18.9 Å². The first-order valence-electron chi connectivity index (χ1n) is 8.42. The van der Waals surface area contributed by atoms with Gasteiger partial charge in [-0.2, -0.15) is 0 Å². The van der Waals surface area contributed by atoms with Crippen LogP contribution >= 0.6 is 8.58 Å². The number of benzene rings is 3. The third-order valence-electron chi connectivity index (χ3n) is 3.71. The maximum atomic E-state index is 2.17. The average molecular weight is 343 g/mol. The van der Waals surface area contributed by atoms with Crippen LogP contribution in [0.4, 0.5) is 0 Å². The predicted molar refractivity (Wildman–Crippen MR) is 110 cm³/mol. The van der Waals surface area contributed by atoms with Gasteiger partial charge in [0.05, 0.1) is 0 Å². The molecule has 0 radical (unpaired) electrons. The molecule has 4 rings (SSSR count). The smallest absolute Gasteiger partial charge is 0.0470 e. The van der Waals surface area contributed by atoms with Crippen molar-refractivity contribution >= 4 is 19.2 Å². The Bertz CT molecular complexity index is 788. The molecule has 0 unspecified atom stereocenters. The Kier molecular flexibility index (Phi) is 6.61. The fraction of sp³-hybridized carbons (Fsp3) is 0.0435. The average Bonchev–Trinajstić information content (AvgIpc) is 3.18. The standard InChI is InChI=1S/C12H11P.C11H11N/c1-3-7-11(8-4-1)13-12-9-5-2-6-10-12;1-2-6-11(7-3-1)10-12-8-4-5-9-12/h1-10,13H;1-9H,10H2. The summed E-state index contributed by atoms with van der Waals surface area (Å²) in [5.74, 6) is 0. The highest BCUT2D eigenvalue weighted by atomic mass is 31.1. The zero-order valence-corrected chi connectivity index (χ0v) is 15.1. The third kappa shape index (κ3) is 6.06. The number of hydrogen-bond acceptors (Lipinski definition) is 0. The van der Waals surface area contributed by atoms with Crippen LogP contribution in [-0.2, 0) is 6.54 Å². The molecule has 0 saturated heterocycles. The lowest BCUT2D eigenvalue weighted by Crippen LogP contribution is -2.01. The van der Waals surface area contributed by atoms with E-state index in [2.05, 4.69) is 102 Å². The summed E-state index contributed by atoms with van der Waals surface area (Å²) >= 11 is 0. The van der Waals surface area contributed by atoms with E-state index in [0.29, 0.717) is 0 Å². The van der Waals surface area contributed by atoms with Gasteiger partial charge in [0.25, 0.3) is 0 Å². The molecular weight excluding hydrogens is 321 g/mol. The molecule has 0 aliphatic carbocycles. The zero-order valence-electron chi connectivity index (χ0n) is 14.1. The van der Waals surface area contributed by atoms with Gasteiger partial charge in [-0.05, 0) is 28.3 Å². The highest BCUT2D eigenvalue weighted by Crippen LogP contribution is 2.08. The lowest BCUT2D eigenvalue weighted by atomic mass is 10.2. The molecule has 0 aliphatic heterocycles. The molecule has 0 atom stereocenters. The molecule has 0 aliphatic rings. The first kappa shape index (κ1) is 17.2. The van der Waals surface area contributed by atoms with Gasteiger partial charge >= 0.3 is 0 Å². The van der Waals surface area contributed by atoms with Crippen LogP contribution in [-0.4, -0.2) is 4.57 Å². The van der Waals surface area contributed by atoms with E-state index in [9.17, 15) is 0 Å². The minimum atomic E-state index is 0.777. The number of aromatic nitrogens is 1. The number of rotatable bonds is 4. The van der Waals surface area contributed by atoms with Gasteiger partial charge in [-0.25, -0.2) is 0 Å². The molecule has 1 nitrogen and oxygen atoms in total. The van der Waals surface area contributed by atoms with E-state index >= 15 is 0 Å². The Balaban J connectivity index is 0.000000146. The predicted octanol–water partition coefficient (Wildman–Crippen LogP) is 4.85. The summed E-state index contributed by atoms with van der Waals surface area (Å²) < 4.78 is 2.16. The minimum Gasteiger partial charge on any atom is -0.350 e. The second-order valence-electron chi connectivity index (χ2n) is 5.70. The molecule has 0 fully saturated rings. The SMILES string of the molecule is c1ccc(Cn2cccc2)cc1.c1ccc(Pc2ccccc2)cc1. The van der Waals surface area contributed by atoms with Crippen LogP contribution < -0.4 is 10.6 Å². The maximum Gasteiger partial charge on any atom is 0.0470 e. The van der Waals surface area contributed by atoms with E-state index in [4.69, 9.17) is 0 Å². The van der Waals surface area contributed by atoms with E-state index in [1.165, 1.54) is 16.2 Å². The lowest BCUT2D eigenvalue weighted by Gasteiger charge is -2.01. The summed E-state index contributed by atoms with van der Waals surface area (Å²) in [5.41, 5.74) is 1.34. The summed E-state index contributed by atoms with van der Waals surface area (Å²) in [6.45, 7) is 0.966. The molecule has 0 spiro atoms. The Morgan fingerprint density at radius 1 is 0.520 bits per heavy atom. The fourth-order valence-corrected chi connectivity index (χ4v) is 3.53. The highest BCUT2D eigenvalue weighted by Gasteiger charge is 1.92. The summed E-state index contributed by atoms with van der Waals surface area (Å²) in [4.78, 5) is 0. The molecule has 3 aromatic carbocycles. The van der Waals surface area contributed by atoms with E-state index in [-0.39, 0.29) is 0 Å². The second kappa shape index (κ2) is 9.61. The molecule has 1 aromatic heterocycles. The first-order chi connectivity index (χ1) is 12.4. The Hall–Kier alpha value is -2.63. The van der Waals surface area contributed by atoms with Gasteiger partial charge in [0.1, 0.15) is 0 Å². The zero-order chi connectivity index (χ0) is 17.2. The van der Waals surface area contributed by atoms with Crippen LogP contribution in [0.2, 0.25) is 0 Å². The summed E-state index contributed by atoms with van der Waals surface area (Å²) in [6, 6.07) is 35.7. The molecule has 0 saturated carbocycles. The number of nitrogens with zero attached hydrogens (tertiary/aromatic N) is 1. The van der Waals surface area contributed by atoms with Crippen LogP contribution in [0, 0.1) is 0 Å². The highest BCUT2D eigenvalue weighted by molar-refractivity contribution is 7.55. The Labute approximate surface area is 151 Å². The van der Waals surface area contributed by atoms with Crippen LogP contribution in [0.15, 0.2) is 116 Å². The van der Waals surface area contributed by atoms with Crippen molar-refractivity contribution in [1.29, 1.82) is 0 Å². The van der Waals surface area contributed by atoms with Gasteiger partial charge in [0.15, 0.2) is 0 Å². The number of hydrogen-bond donors (Lipinski definition) is 0. The van der Waals surface area contributed by atoms with Crippen molar-refractivity contribution in [1.82, 2.24) is 4.57 Å². The maximum absolute atomic E-state index is 2.17. The van der Waals surface area contributed by atoms with Crippen LogP contribution in [0.3, 0.4) is 0 Å². The second-order valence-corrected chi connectivity index (χ2v) is 7.10. The molecule has 1 heterocycles. The molecule has 124 valence electrons. The third-order valence-corrected chi connectivity index (χ3v) is 4.95. The van der Waals surface area contributed by atoms with Gasteiger partial charge in [-0.15, -0.1) is 0 Å². The molecule has 0 N–H and O–H groups in total. The van der Waals surface area contributed by atoms with Crippen LogP contribution in [0.25, 0.3) is 0 Å². The van der Waals surface area contributed by atoms with Crippen molar-refractivity contribution in [3.63, 3.8) is 0 Å². The molecule has 2 heteroatoms. The summed E-state index contributed by atoms with van der Waals surface area (Å²) in [7, 11) is 0.777. The normalized spacial score (nSPS) is 9.92. The van der Waals surface area contributed by atoms with Crippen molar-refractivity contribution in [3.05, 3.63) is 121 Å². The van der Waals surface area contributed by atoms with Crippen LogP contribution in [0.5, 0.6) is 0 Å².